The van der Waals surface area contributed by atoms with Crippen molar-refractivity contribution >= 4 is 34.1 Å². The fourth-order valence-corrected chi connectivity index (χ4v) is 2.97. The molecule has 1 aliphatic heterocycles. The average molecular weight is 301 g/mol. The first-order chi connectivity index (χ1) is 8.90. The molecule has 1 saturated heterocycles. The van der Waals surface area contributed by atoms with E-state index in [-0.39, 0.29) is 0 Å². The highest BCUT2D eigenvalue weighted by Gasteiger charge is 2.27. The predicted octanol–water partition coefficient (Wildman–Crippen LogP) is 3.25. The van der Waals surface area contributed by atoms with Crippen molar-refractivity contribution in [2.45, 2.75) is 25.9 Å². The van der Waals surface area contributed by atoms with Crippen molar-refractivity contribution in [1.29, 1.82) is 0 Å². The number of carbonyl (C=O) groups is 1. The number of hydrogen-bond donors (Lipinski definition) is 0. The molecule has 5 heteroatoms. The summed E-state index contributed by atoms with van der Waals surface area (Å²) in [4.78, 5) is 15.8. The predicted molar refractivity (Wildman–Crippen MR) is 80.5 cm³/mol. The SMILES string of the molecule is C[C@@H]1CN(C)[C@@H](C)CN1c1ccc(C(=O)Cl)c(Cl)c1. The first-order valence-electron chi connectivity index (χ1n) is 6.36. The van der Waals surface area contributed by atoms with E-state index in [4.69, 9.17) is 23.2 Å². The van der Waals surface area contributed by atoms with Gasteiger partial charge >= 0.3 is 0 Å². The molecule has 2 rings (SSSR count). The van der Waals surface area contributed by atoms with Crippen LogP contribution in [0.15, 0.2) is 18.2 Å². The van der Waals surface area contributed by atoms with Crippen LogP contribution in [-0.2, 0) is 0 Å². The first-order valence-corrected chi connectivity index (χ1v) is 7.12. The first kappa shape index (κ1) is 14.6. The van der Waals surface area contributed by atoms with Crippen molar-refractivity contribution < 1.29 is 4.79 Å². The van der Waals surface area contributed by atoms with Crippen molar-refractivity contribution in [3.8, 4) is 0 Å². The lowest BCUT2D eigenvalue weighted by Gasteiger charge is -2.43. The number of likely N-dealkylation sites (N-methyl/N-ethyl adjacent to an activating group) is 1. The molecule has 3 nitrogen and oxygen atoms in total. The number of anilines is 1. The van der Waals surface area contributed by atoms with Crippen molar-refractivity contribution in [1.82, 2.24) is 4.90 Å². The van der Waals surface area contributed by atoms with Gasteiger partial charge < -0.3 is 4.90 Å². The van der Waals surface area contributed by atoms with Gasteiger partial charge in [0.2, 0.25) is 0 Å². The van der Waals surface area contributed by atoms with Crippen LogP contribution in [-0.4, -0.2) is 42.4 Å². The molecular weight excluding hydrogens is 283 g/mol. The molecule has 0 aliphatic carbocycles. The van der Waals surface area contributed by atoms with Gasteiger partial charge in [0, 0.05) is 30.9 Å². The van der Waals surface area contributed by atoms with Crippen molar-refractivity contribution in [2.24, 2.45) is 0 Å². The third-order valence-corrected chi connectivity index (χ3v) is 4.31. The summed E-state index contributed by atoms with van der Waals surface area (Å²) < 4.78 is 0. The smallest absolute Gasteiger partial charge is 0.253 e. The van der Waals surface area contributed by atoms with Gasteiger partial charge in [-0.15, -0.1) is 0 Å². The van der Waals surface area contributed by atoms with Crippen LogP contribution in [0.2, 0.25) is 5.02 Å². The summed E-state index contributed by atoms with van der Waals surface area (Å²) in [5.74, 6) is 0. The molecule has 1 aliphatic rings. The summed E-state index contributed by atoms with van der Waals surface area (Å²) in [7, 11) is 2.14. The topological polar surface area (TPSA) is 23.6 Å². The molecular formula is C14H18Cl2N2O. The molecule has 1 aromatic rings. The Morgan fingerprint density at radius 2 is 1.95 bits per heavy atom. The van der Waals surface area contributed by atoms with Crippen LogP contribution in [0.25, 0.3) is 0 Å². The fourth-order valence-electron chi connectivity index (χ4n) is 2.50. The van der Waals surface area contributed by atoms with Crippen molar-refractivity contribution in [3.63, 3.8) is 0 Å². The quantitative estimate of drug-likeness (QED) is 0.783. The maximum absolute atomic E-state index is 11.2. The van der Waals surface area contributed by atoms with Crippen LogP contribution in [0.4, 0.5) is 5.69 Å². The van der Waals surface area contributed by atoms with Crippen LogP contribution in [0.5, 0.6) is 0 Å². The third-order valence-electron chi connectivity index (χ3n) is 3.79. The monoisotopic (exact) mass is 300 g/mol. The van der Waals surface area contributed by atoms with Gasteiger partial charge in [-0.05, 0) is 50.7 Å². The molecule has 0 spiro atoms. The molecule has 0 amide bonds. The third kappa shape index (κ3) is 3.04. The standard InChI is InChI=1S/C14H18Cl2N2O/c1-9-8-18(10(2)7-17(9)3)11-4-5-12(14(16)19)13(15)6-11/h4-6,9-10H,7-8H2,1-3H3/t9-,10+/m0/s1. The molecule has 0 aromatic heterocycles. The minimum atomic E-state index is -0.517. The van der Waals surface area contributed by atoms with Gasteiger partial charge in [-0.25, -0.2) is 0 Å². The Balaban J connectivity index is 2.27. The van der Waals surface area contributed by atoms with E-state index >= 15 is 0 Å². The summed E-state index contributed by atoms with van der Waals surface area (Å²) in [6.45, 7) is 6.35. The zero-order valence-corrected chi connectivity index (χ0v) is 12.9. The Kier molecular flexibility index (Phi) is 4.39. The molecule has 0 N–H and O–H groups in total. The molecule has 0 bridgehead atoms. The van der Waals surface area contributed by atoms with Gasteiger partial charge in [0.25, 0.3) is 5.24 Å². The van der Waals surface area contributed by atoms with Gasteiger partial charge in [-0.2, -0.15) is 0 Å². The molecule has 2 atom stereocenters. The Labute approximate surface area is 124 Å². The number of benzene rings is 1. The molecule has 1 aromatic carbocycles. The summed E-state index contributed by atoms with van der Waals surface area (Å²) in [6, 6.07) is 6.34. The summed E-state index contributed by atoms with van der Waals surface area (Å²) in [6.07, 6.45) is 0. The molecule has 0 saturated carbocycles. The van der Waals surface area contributed by atoms with E-state index in [2.05, 4.69) is 30.7 Å². The number of halogens is 2. The maximum atomic E-state index is 11.2. The van der Waals surface area contributed by atoms with Crippen LogP contribution < -0.4 is 4.90 Å². The largest absolute Gasteiger partial charge is 0.366 e. The molecule has 0 radical (unpaired) electrons. The van der Waals surface area contributed by atoms with Gasteiger partial charge in [0.05, 0.1) is 10.6 Å². The molecule has 104 valence electrons. The maximum Gasteiger partial charge on any atom is 0.253 e. The number of rotatable bonds is 2. The lowest BCUT2D eigenvalue weighted by molar-refractivity contribution is 0.108. The van der Waals surface area contributed by atoms with Gasteiger partial charge in [0.15, 0.2) is 0 Å². The van der Waals surface area contributed by atoms with Gasteiger partial charge in [-0.1, -0.05) is 11.6 Å². The summed E-state index contributed by atoms with van der Waals surface area (Å²) in [5, 5.41) is -0.104. The van der Waals surface area contributed by atoms with E-state index in [0.717, 1.165) is 18.8 Å². The van der Waals surface area contributed by atoms with E-state index in [1.54, 1.807) is 6.07 Å². The van der Waals surface area contributed by atoms with E-state index in [0.29, 0.717) is 22.7 Å². The Bertz CT molecular complexity index is 492. The lowest BCUT2D eigenvalue weighted by atomic mass is 10.1. The normalized spacial score (nSPS) is 24.6. The van der Waals surface area contributed by atoms with E-state index in [1.807, 2.05) is 12.1 Å². The lowest BCUT2D eigenvalue weighted by Crippen LogP contribution is -2.55. The molecule has 1 heterocycles. The highest BCUT2D eigenvalue weighted by atomic mass is 35.5. The minimum Gasteiger partial charge on any atom is -0.366 e. The highest BCUT2D eigenvalue weighted by Crippen LogP contribution is 2.28. The Morgan fingerprint density at radius 1 is 1.26 bits per heavy atom. The molecule has 19 heavy (non-hydrogen) atoms. The minimum absolute atomic E-state index is 0.363. The number of piperazine rings is 1. The van der Waals surface area contributed by atoms with E-state index in [9.17, 15) is 4.79 Å². The fraction of sp³-hybridized carbons (Fsp3) is 0.500. The van der Waals surface area contributed by atoms with Crippen LogP contribution in [0.3, 0.4) is 0 Å². The van der Waals surface area contributed by atoms with E-state index < -0.39 is 5.24 Å². The average Bonchev–Trinajstić information content (AvgIpc) is 2.33. The second kappa shape index (κ2) is 5.70. The van der Waals surface area contributed by atoms with Crippen LogP contribution in [0.1, 0.15) is 24.2 Å². The molecule has 0 unspecified atom stereocenters. The number of carbonyl (C=O) groups excluding carboxylic acids is 1. The Morgan fingerprint density at radius 3 is 2.53 bits per heavy atom. The van der Waals surface area contributed by atoms with E-state index in [1.165, 1.54) is 0 Å². The molecule has 1 fully saturated rings. The second-order valence-corrected chi connectivity index (χ2v) is 5.98. The zero-order valence-electron chi connectivity index (χ0n) is 11.4. The summed E-state index contributed by atoms with van der Waals surface area (Å²) in [5.41, 5.74) is 1.40. The van der Waals surface area contributed by atoms with Gasteiger partial charge in [-0.3, -0.25) is 9.69 Å². The van der Waals surface area contributed by atoms with Crippen molar-refractivity contribution in [3.05, 3.63) is 28.8 Å². The summed E-state index contributed by atoms with van der Waals surface area (Å²) >= 11 is 11.6. The van der Waals surface area contributed by atoms with Gasteiger partial charge in [0.1, 0.15) is 0 Å². The second-order valence-electron chi connectivity index (χ2n) is 5.23. The zero-order chi connectivity index (χ0) is 14.2. The van der Waals surface area contributed by atoms with Crippen molar-refractivity contribution in [2.75, 3.05) is 25.0 Å². The highest BCUT2D eigenvalue weighted by molar-refractivity contribution is 6.68. The number of hydrogen-bond acceptors (Lipinski definition) is 3. The van der Waals surface area contributed by atoms with Crippen LogP contribution in [0, 0.1) is 0 Å². The Hall–Kier alpha value is -0.770. The van der Waals surface area contributed by atoms with Crippen LogP contribution >= 0.6 is 23.2 Å². The number of nitrogens with zero attached hydrogens (tertiary/aromatic N) is 2.